The van der Waals surface area contributed by atoms with Gasteiger partial charge >= 0.3 is 6.03 Å². The maximum absolute atomic E-state index is 14.0. The normalized spacial score (nSPS) is 17.0. The Hall–Kier alpha value is -2.16. The van der Waals surface area contributed by atoms with Crippen molar-refractivity contribution in [3.63, 3.8) is 0 Å². The maximum Gasteiger partial charge on any atom is 0.338 e. The van der Waals surface area contributed by atoms with E-state index in [0.717, 1.165) is 12.8 Å². The predicted molar refractivity (Wildman–Crippen MR) is 91.7 cm³/mol. The smallest absolute Gasteiger partial charge is 0.338 e. The Kier molecular flexibility index (Phi) is 4.94. The van der Waals surface area contributed by atoms with Crippen molar-refractivity contribution in [1.29, 1.82) is 0 Å². The Morgan fingerprint density at radius 3 is 2.56 bits per heavy atom. The highest BCUT2D eigenvalue weighted by Crippen LogP contribution is 2.34. The zero-order valence-corrected chi connectivity index (χ0v) is 15.0. The van der Waals surface area contributed by atoms with Gasteiger partial charge in [0.2, 0.25) is 11.8 Å². The number of benzene rings is 1. The van der Waals surface area contributed by atoms with E-state index in [-0.39, 0.29) is 29.9 Å². The number of hydrogen-bond acceptors (Lipinski definition) is 3. The highest BCUT2D eigenvalue weighted by molar-refractivity contribution is 9.10. The fourth-order valence-corrected chi connectivity index (χ4v) is 3.13. The van der Waals surface area contributed by atoms with Gasteiger partial charge < -0.3 is 10.6 Å². The molecule has 0 aromatic heterocycles. The van der Waals surface area contributed by atoms with Gasteiger partial charge in [-0.1, -0.05) is 15.9 Å². The summed E-state index contributed by atoms with van der Waals surface area (Å²) in [5.41, 5.74) is 7.44. The van der Waals surface area contributed by atoms with Crippen molar-refractivity contribution in [2.45, 2.75) is 19.3 Å². The Morgan fingerprint density at radius 1 is 1.32 bits per heavy atom. The van der Waals surface area contributed by atoms with Crippen molar-refractivity contribution in [3.8, 4) is 0 Å². The van der Waals surface area contributed by atoms with Crippen LogP contribution in [0, 0.1) is 17.7 Å². The standard InChI is InChI=1S/C16H18BrFN4O3/c17-11-3-4-13(12(18)6-11)22(16(19)25)20-14(23)5-9-7-21(8-9)15(24)10-1-2-10/h3-4,6,9-10H,1-2,5,7-8H2,(H2,19,25)(H,20,23). The molecular formula is C16H18BrFN4O3. The molecule has 0 spiro atoms. The number of nitrogens with zero attached hydrogens (tertiary/aromatic N) is 2. The number of urea groups is 1. The molecule has 0 bridgehead atoms. The Labute approximate surface area is 152 Å². The first-order valence-electron chi connectivity index (χ1n) is 7.98. The molecule has 1 saturated carbocycles. The summed E-state index contributed by atoms with van der Waals surface area (Å²) in [6.07, 6.45) is 2.04. The fraction of sp³-hybridized carbons (Fsp3) is 0.438. The lowest BCUT2D eigenvalue weighted by Gasteiger charge is -2.39. The SMILES string of the molecule is NC(=O)N(NC(=O)CC1CN(C(=O)C2CC2)C1)c1ccc(Br)cc1F. The molecule has 0 atom stereocenters. The molecule has 1 saturated heterocycles. The number of anilines is 1. The number of nitrogens with one attached hydrogen (secondary N) is 1. The molecule has 1 heterocycles. The molecule has 3 N–H and O–H groups in total. The van der Waals surface area contributed by atoms with Crippen molar-refractivity contribution >= 4 is 39.5 Å². The third kappa shape index (κ3) is 4.09. The summed E-state index contributed by atoms with van der Waals surface area (Å²) in [4.78, 5) is 37.3. The third-order valence-electron chi connectivity index (χ3n) is 4.28. The van der Waals surface area contributed by atoms with Gasteiger partial charge in [0, 0.05) is 35.8 Å². The number of hydrazine groups is 1. The van der Waals surface area contributed by atoms with Gasteiger partial charge in [-0.05, 0) is 31.0 Å². The minimum Gasteiger partial charge on any atom is -0.350 e. The first-order valence-corrected chi connectivity index (χ1v) is 8.77. The average molecular weight is 413 g/mol. The van der Waals surface area contributed by atoms with Crippen LogP contribution in [0.1, 0.15) is 19.3 Å². The monoisotopic (exact) mass is 412 g/mol. The van der Waals surface area contributed by atoms with E-state index in [2.05, 4.69) is 21.4 Å². The number of hydrogen-bond donors (Lipinski definition) is 2. The van der Waals surface area contributed by atoms with Crippen LogP contribution in [0.4, 0.5) is 14.9 Å². The number of nitrogens with two attached hydrogens (primary N) is 1. The quantitative estimate of drug-likeness (QED) is 0.737. The number of carbonyl (C=O) groups is 3. The molecule has 1 aromatic carbocycles. The molecule has 1 aliphatic carbocycles. The summed E-state index contributed by atoms with van der Waals surface area (Å²) in [6.45, 7) is 1.07. The topological polar surface area (TPSA) is 95.7 Å². The molecule has 2 fully saturated rings. The Bertz CT molecular complexity index is 719. The van der Waals surface area contributed by atoms with Crippen LogP contribution in [0.25, 0.3) is 0 Å². The van der Waals surface area contributed by atoms with E-state index in [9.17, 15) is 18.8 Å². The summed E-state index contributed by atoms with van der Waals surface area (Å²) in [6, 6.07) is 3.05. The first kappa shape index (κ1) is 17.7. The number of carbonyl (C=O) groups excluding carboxylic acids is 3. The van der Waals surface area contributed by atoms with Gasteiger partial charge in [0.1, 0.15) is 11.5 Å². The average Bonchev–Trinajstić information content (AvgIpc) is 3.32. The van der Waals surface area contributed by atoms with Crippen molar-refractivity contribution in [2.75, 3.05) is 18.1 Å². The largest absolute Gasteiger partial charge is 0.350 e. The summed E-state index contributed by atoms with van der Waals surface area (Å²) in [7, 11) is 0. The fourth-order valence-electron chi connectivity index (χ4n) is 2.80. The van der Waals surface area contributed by atoms with Crippen molar-refractivity contribution in [3.05, 3.63) is 28.5 Å². The molecule has 134 valence electrons. The van der Waals surface area contributed by atoms with E-state index in [1.807, 2.05) is 0 Å². The van der Waals surface area contributed by atoms with Gasteiger partial charge in [-0.25, -0.2) is 14.2 Å². The molecule has 7 nitrogen and oxygen atoms in total. The summed E-state index contributed by atoms with van der Waals surface area (Å²) >= 11 is 3.12. The molecule has 0 unspecified atom stereocenters. The van der Waals surface area contributed by atoms with Crippen LogP contribution < -0.4 is 16.2 Å². The summed E-state index contributed by atoms with van der Waals surface area (Å²) in [5.74, 6) is -0.789. The molecule has 25 heavy (non-hydrogen) atoms. The lowest BCUT2D eigenvalue weighted by molar-refractivity contribution is -0.140. The second-order valence-electron chi connectivity index (χ2n) is 6.39. The number of halogens is 2. The van der Waals surface area contributed by atoms with Crippen molar-refractivity contribution in [2.24, 2.45) is 17.6 Å². The highest BCUT2D eigenvalue weighted by Gasteiger charge is 2.39. The maximum atomic E-state index is 14.0. The van der Waals surface area contributed by atoms with Gasteiger partial charge in [-0.15, -0.1) is 0 Å². The van der Waals surface area contributed by atoms with E-state index >= 15 is 0 Å². The molecule has 9 heteroatoms. The zero-order chi connectivity index (χ0) is 18.1. The Balaban J connectivity index is 1.55. The minimum atomic E-state index is -0.992. The molecule has 1 aromatic rings. The second kappa shape index (κ2) is 6.99. The molecular weight excluding hydrogens is 395 g/mol. The molecule has 1 aliphatic heterocycles. The number of rotatable bonds is 4. The van der Waals surface area contributed by atoms with Crippen LogP contribution in [0.2, 0.25) is 0 Å². The zero-order valence-electron chi connectivity index (χ0n) is 13.4. The van der Waals surface area contributed by atoms with E-state index < -0.39 is 17.8 Å². The van der Waals surface area contributed by atoms with Crippen LogP contribution in [-0.2, 0) is 9.59 Å². The van der Waals surface area contributed by atoms with Gasteiger partial charge in [-0.3, -0.25) is 15.0 Å². The predicted octanol–water partition coefficient (Wildman–Crippen LogP) is 1.76. The van der Waals surface area contributed by atoms with Gasteiger partial charge in [0.25, 0.3) is 0 Å². The van der Waals surface area contributed by atoms with E-state index in [1.165, 1.54) is 18.2 Å². The van der Waals surface area contributed by atoms with Crippen molar-refractivity contribution in [1.82, 2.24) is 10.3 Å². The lowest BCUT2D eigenvalue weighted by atomic mass is 9.95. The Morgan fingerprint density at radius 2 is 2.00 bits per heavy atom. The van der Waals surface area contributed by atoms with Gasteiger partial charge in [0.05, 0.1) is 0 Å². The minimum absolute atomic E-state index is 0.0344. The van der Waals surface area contributed by atoms with Crippen LogP contribution in [0.15, 0.2) is 22.7 Å². The van der Waals surface area contributed by atoms with Crippen LogP contribution in [0.5, 0.6) is 0 Å². The molecule has 4 amide bonds. The van der Waals surface area contributed by atoms with E-state index in [1.54, 1.807) is 4.90 Å². The first-order chi connectivity index (χ1) is 11.8. The summed E-state index contributed by atoms with van der Waals surface area (Å²) < 4.78 is 14.5. The number of likely N-dealkylation sites (tertiary alicyclic amines) is 1. The number of primary amides is 1. The van der Waals surface area contributed by atoms with E-state index in [4.69, 9.17) is 5.73 Å². The molecule has 2 aliphatic rings. The van der Waals surface area contributed by atoms with Crippen LogP contribution in [-0.4, -0.2) is 35.8 Å². The van der Waals surface area contributed by atoms with Crippen LogP contribution in [0.3, 0.4) is 0 Å². The van der Waals surface area contributed by atoms with Gasteiger partial charge in [-0.2, -0.15) is 0 Å². The molecule has 3 rings (SSSR count). The second-order valence-corrected chi connectivity index (χ2v) is 7.31. The number of amides is 4. The van der Waals surface area contributed by atoms with Crippen LogP contribution >= 0.6 is 15.9 Å². The summed E-state index contributed by atoms with van der Waals surface area (Å²) in [5, 5.41) is 0.690. The lowest BCUT2D eigenvalue weighted by Crippen LogP contribution is -2.54. The molecule has 0 radical (unpaired) electrons. The van der Waals surface area contributed by atoms with E-state index in [0.29, 0.717) is 22.6 Å². The third-order valence-corrected chi connectivity index (χ3v) is 4.77. The highest BCUT2D eigenvalue weighted by atomic mass is 79.9. The van der Waals surface area contributed by atoms with Gasteiger partial charge in [0.15, 0.2) is 0 Å². The van der Waals surface area contributed by atoms with Crippen molar-refractivity contribution < 1.29 is 18.8 Å².